The van der Waals surface area contributed by atoms with Crippen LogP contribution in [0.15, 0.2) is 42.7 Å². The fraction of sp³-hybridized carbons (Fsp3) is 0.267. The maximum Gasteiger partial charge on any atom is 0.127 e. The molecule has 1 aromatic heterocycles. The molecule has 3 rings (SSSR count). The number of pyridine rings is 1. The summed E-state index contributed by atoms with van der Waals surface area (Å²) in [5.74, 6) is 0.893. The highest BCUT2D eigenvalue weighted by Crippen LogP contribution is 2.39. The van der Waals surface area contributed by atoms with Gasteiger partial charge in [0.25, 0.3) is 0 Å². The Kier molecular flexibility index (Phi) is 2.76. The van der Waals surface area contributed by atoms with E-state index in [9.17, 15) is 0 Å². The molecule has 18 heavy (non-hydrogen) atoms. The van der Waals surface area contributed by atoms with Gasteiger partial charge in [-0.2, -0.15) is 0 Å². The molecule has 0 spiro atoms. The van der Waals surface area contributed by atoms with Crippen LogP contribution < -0.4 is 10.5 Å². The van der Waals surface area contributed by atoms with Crippen LogP contribution in [0.4, 0.5) is 0 Å². The van der Waals surface area contributed by atoms with Gasteiger partial charge in [0, 0.05) is 36.0 Å². The number of hydrogen-bond donors (Lipinski definition) is 1. The summed E-state index contributed by atoms with van der Waals surface area (Å²) in [5, 5.41) is 0. The second kappa shape index (κ2) is 4.42. The van der Waals surface area contributed by atoms with E-state index in [1.165, 1.54) is 5.56 Å². The van der Waals surface area contributed by atoms with E-state index in [-0.39, 0.29) is 12.1 Å². The molecule has 1 aliphatic rings. The van der Waals surface area contributed by atoms with Crippen molar-refractivity contribution in [3.8, 4) is 5.75 Å². The molecule has 92 valence electrons. The van der Waals surface area contributed by atoms with Crippen LogP contribution in [-0.4, -0.2) is 4.98 Å². The Morgan fingerprint density at radius 1 is 1.22 bits per heavy atom. The van der Waals surface area contributed by atoms with Gasteiger partial charge >= 0.3 is 0 Å². The second-order valence-corrected chi connectivity index (χ2v) is 4.72. The molecule has 0 saturated heterocycles. The monoisotopic (exact) mass is 240 g/mol. The summed E-state index contributed by atoms with van der Waals surface area (Å²) in [6.07, 6.45) is 4.48. The van der Waals surface area contributed by atoms with Crippen molar-refractivity contribution in [1.82, 2.24) is 4.98 Å². The van der Waals surface area contributed by atoms with Gasteiger partial charge < -0.3 is 10.5 Å². The standard InChI is InChI=1S/C15H16N2O/c1-10-6-7-17-9-12(10)15-8-13(16)11-4-2-3-5-14(11)18-15/h2-7,9,13,15H,8,16H2,1H3. The average molecular weight is 240 g/mol. The van der Waals surface area contributed by atoms with Gasteiger partial charge in [-0.25, -0.2) is 0 Å². The highest BCUT2D eigenvalue weighted by Gasteiger charge is 2.27. The number of nitrogens with two attached hydrogens (primary N) is 1. The van der Waals surface area contributed by atoms with Crippen LogP contribution in [0, 0.1) is 6.92 Å². The largest absolute Gasteiger partial charge is 0.485 e. The number of nitrogens with zero attached hydrogens (tertiary/aromatic N) is 1. The highest BCUT2D eigenvalue weighted by atomic mass is 16.5. The van der Waals surface area contributed by atoms with Crippen LogP contribution in [-0.2, 0) is 0 Å². The first-order valence-electron chi connectivity index (χ1n) is 6.17. The molecule has 0 amide bonds. The predicted octanol–water partition coefficient (Wildman–Crippen LogP) is 2.91. The van der Waals surface area contributed by atoms with Crippen molar-refractivity contribution < 1.29 is 4.74 Å². The molecular weight excluding hydrogens is 224 g/mol. The number of rotatable bonds is 1. The zero-order valence-electron chi connectivity index (χ0n) is 10.3. The molecule has 0 saturated carbocycles. The number of aryl methyl sites for hydroxylation is 1. The summed E-state index contributed by atoms with van der Waals surface area (Å²) in [4.78, 5) is 4.18. The zero-order chi connectivity index (χ0) is 12.5. The first-order valence-corrected chi connectivity index (χ1v) is 6.17. The lowest BCUT2D eigenvalue weighted by Gasteiger charge is -2.31. The molecule has 0 fully saturated rings. The SMILES string of the molecule is Cc1ccncc1C1CC(N)c2ccccc2O1. The van der Waals surface area contributed by atoms with Crippen LogP contribution in [0.5, 0.6) is 5.75 Å². The van der Waals surface area contributed by atoms with Gasteiger partial charge in [0.1, 0.15) is 11.9 Å². The lowest BCUT2D eigenvalue weighted by molar-refractivity contribution is 0.160. The molecule has 2 unspecified atom stereocenters. The first kappa shape index (κ1) is 11.2. The number of fused-ring (bicyclic) bond motifs is 1. The lowest BCUT2D eigenvalue weighted by Crippen LogP contribution is -2.24. The normalized spacial score (nSPS) is 22.1. The zero-order valence-corrected chi connectivity index (χ0v) is 10.3. The molecule has 3 heteroatoms. The third kappa shape index (κ3) is 1.87. The minimum atomic E-state index is 0.00333. The van der Waals surface area contributed by atoms with Crippen LogP contribution in [0.3, 0.4) is 0 Å². The minimum absolute atomic E-state index is 0.00333. The maximum atomic E-state index is 6.22. The molecule has 0 radical (unpaired) electrons. The van der Waals surface area contributed by atoms with E-state index >= 15 is 0 Å². The molecule has 0 aliphatic carbocycles. The minimum Gasteiger partial charge on any atom is -0.485 e. The summed E-state index contributed by atoms with van der Waals surface area (Å²) in [5.41, 5.74) is 9.64. The summed E-state index contributed by atoms with van der Waals surface area (Å²) in [6, 6.07) is 10.0. The molecule has 2 N–H and O–H groups in total. The summed E-state index contributed by atoms with van der Waals surface area (Å²) in [6.45, 7) is 2.08. The molecule has 3 nitrogen and oxygen atoms in total. The molecule has 2 atom stereocenters. The van der Waals surface area contributed by atoms with Gasteiger partial charge in [-0.3, -0.25) is 4.98 Å². The van der Waals surface area contributed by atoms with Gasteiger partial charge in [-0.05, 0) is 24.6 Å². The highest BCUT2D eigenvalue weighted by molar-refractivity contribution is 5.39. The molecular formula is C15H16N2O. The van der Waals surface area contributed by atoms with E-state index in [1.807, 2.05) is 36.5 Å². The maximum absolute atomic E-state index is 6.22. The third-order valence-electron chi connectivity index (χ3n) is 3.48. The summed E-state index contributed by atoms with van der Waals surface area (Å²) in [7, 11) is 0. The molecule has 2 aromatic rings. The third-order valence-corrected chi connectivity index (χ3v) is 3.48. The topological polar surface area (TPSA) is 48.1 Å². The van der Waals surface area contributed by atoms with Crippen LogP contribution >= 0.6 is 0 Å². The van der Waals surface area contributed by atoms with Crippen molar-refractivity contribution in [2.75, 3.05) is 0 Å². The Bertz CT molecular complexity index is 568. The Labute approximate surface area is 107 Å². The van der Waals surface area contributed by atoms with Crippen LogP contribution in [0.2, 0.25) is 0 Å². The van der Waals surface area contributed by atoms with E-state index in [2.05, 4.69) is 11.9 Å². The van der Waals surface area contributed by atoms with E-state index < -0.39 is 0 Å². The molecule has 0 bridgehead atoms. The number of para-hydroxylation sites is 1. The number of hydrogen-bond acceptors (Lipinski definition) is 3. The van der Waals surface area contributed by atoms with Gasteiger partial charge in [0.15, 0.2) is 0 Å². The first-order chi connectivity index (χ1) is 8.75. The van der Waals surface area contributed by atoms with Gasteiger partial charge in [-0.15, -0.1) is 0 Å². The Balaban J connectivity index is 1.97. The Morgan fingerprint density at radius 2 is 2.06 bits per heavy atom. The summed E-state index contributed by atoms with van der Waals surface area (Å²) < 4.78 is 6.05. The average Bonchev–Trinajstić information content (AvgIpc) is 2.39. The number of ether oxygens (including phenoxy) is 1. The molecule has 2 heterocycles. The Morgan fingerprint density at radius 3 is 2.89 bits per heavy atom. The van der Waals surface area contributed by atoms with Crippen molar-refractivity contribution in [2.45, 2.75) is 25.5 Å². The van der Waals surface area contributed by atoms with Crippen molar-refractivity contribution in [2.24, 2.45) is 5.73 Å². The quantitative estimate of drug-likeness (QED) is 0.833. The number of aromatic nitrogens is 1. The van der Waals surface area contributed by atoms with E-state index in [1.54, 1.807) is 6.20 Å². The van der Waals surface area contributed by atoms with Crippen LogP contribution in [0.1, 0.15) is 35.3 Å². The van der Waals surface area contributed by atoms with E-state index in [0.29, 0.717) is 0 Å². The molecule has 1 aliphatic heterocycles. The fourth-order valence-electron chi connectivity index (χ4n) is 2.46. The van der Waals surface area contributed by atoms with Crippen molar-refractivity contribution in [3.05, 3.63) is 59.4 Å². The van der Waals surface area contributed by atoms with Crippen molar-refractivity contribution >= 4 is 0 Å². The molecule has 1 aromatic carbocycles. The van der Waals surface area contributed by atoms with Gasteiger partial charge in [0.2, 0.25) is 0 Å². The van der Waals surface area contributed by atoms with Crippen molar-refractivity contribution in [3.63, 3.8) is 0 Å². The predicted molar refractivity (Wildman–Crippen MR) is 70.3 cm³/mol. The second-order valence-electron chi connectivity index (χ2n) is 4.72. The Hall–Kier alpha value is -1.87. The lowest BCUT2D eigenvalue weighted by atomic mass is 9.93. The smallest absolute Gasteiger partial charge is 0.127 e. The summed E-state index contributed by atoms with van der Waals surface area (Å²) >= 11 is 0. The van der Waals surface area contributed by atoms with Gasteiger partial charge in [0.05, 0.1) is 0 Å². The van der Waals surface area contributed by atoms with Crippen LogP contribution in [0.25, 0.3) is 0 Å². The van der Waals surface area contributed by atoms with E-state index in [4.69, 9.17) is 10.5 Å². The van der Waals surface area contributed by atoms with Gasteiger partial charge in [-0.1, -0.05) is 18.2 Å². The number of benzene rings is 1. The fourth-order valence-corrected chi connectivity index (χ4v) is 2.46. The van der Waals surface area contributed by atoms with E-state index in [0.717, 1.165) is 23.3 Å². The van der Waals surface area contributed by atoms with Crippen molar-refractivity contribution in [1.29, 1.82) is 0 Å².